The first kappa shape index (κ1) is 12.2. The number of nitrogens with zero attached hydrogens (tertiary/aromatic N) is 1. The molecule has 0 amide bonds. The van der Waals surface area contributed by atoms with E-state index in [4.69, 9.17) is 5.73 Å². The van der Waals surface area contributed by atoms with Gasteiger partial charge in [-0.2, -0.15) is 13.2 Å². The van der Waals surface area contributed by atoms with Gasteiger partial charge in [-0.15, -0.1) is 11.8 Å². The lowest BCUT2D eigenvalue weighted by molar-refractivity contribution is -0.137. The summed E-state index contributed by atoms with van der Waals surface area (Å²) in [6.45, 7) is 1.85. The van der Waals surface area contributed by atoms with Crippen molar-refractivity contribution in [3.05, 3.63) is 34.9 Å². The molecule has 17 heavy (non-hydrogen) atoms. The molecule has 2 N–H and O–H groups in total. The van der Waals surface area contributed by atoms with Crippen molar-refractivity contribution < 1.29 is 13.2 Å². The monoisotopic (exact) mass is 260 g/mol. The smallest absolute Gasteiger partial charge is 0.397 e. The van der Waals surface area contributed by atoms with Gasteiger partial charge in [-0.1, -0.05) is 0 Å². The summed E-state index contributed by atoms with van der Waals surface area (Å²) < 4.78 is 37.8. The molecule has 0 radical (unpaired) electrons. The number of hydrogen-bond acceptors (Lipinski definition) is 3. The van der Waals surface area contributed by atoms with Crippen LogP contribution in [0.2, 0.25) is 0 Å². The number of benzene rings is 1. The Morgan fingerprint density at radius 1 is 1.35 bits per heavy atom. The molecule has 0 atom stereocenters. The Hall–Kier alpha value is -1.30. The van der Waals surface area contributed by atoms with Gasteiger partial charge >= 0.3 is 6.18 Å². The van der Waals surface area contributed by atoms with Crippen molar-refractivity contribution >= 4 is 23.1 Å². The molecule has 0 saturated carbocycles. The summed E-state index contributed by atoms with van der Waals surface area (Å²) in [6, 6.07) is 3.40. The Balaban J connectivity index is 2.43. The van der Waals surface area contributed by atoms with E-state index in [2.05, 4.69) is 0 Å². The maximum absolute atomic E-state index is 12.6. The van der Waals surface area contributed by atoms with Crippen LogP contribution in [0, 0.1) is 0 Å². The number of thioether (sulfide) groups is 1. The third-order valence-corrected chi connectivity index (χ3v) is 3.45. The first-order valence-electron chi connectivity index (χ1n) is 4.92. The average molecular weight is 260 g/mol. The van der Waals surface area contributed by atoms with Crippen molar-refractivity contribution in [3.8, 4) is 0 Å². The van der Waals surface area contributed by atoms with E-state index >= 15 is 0 Å². The van der Waals surface area contributed by atoms with Gasteiger partial charge in [-0.3, -0.25) is 0 Å². The minimum atomic E-state index is -4.34. The predicted molar refractivity (Wildman–Crippen MR) is 64.6 cm³/mol. The zero-order valence-electron chi connectivity index (χ0n) is 9.08. The Labute approximate surface area is 101 Å². The van der Waals surface area contributed by atoms with Crippen molar-refractivity contribution in [1.82, 2.24) is 0 Å². The minimum Gasteiger partial charge on any atom is -0.397 e. The number of alkyl halides is 3. The molecule has 0 bridgehead atoms. The summed E-state index contributed by atoms with van der Waals surface area (Å²) in [7, 11) is 0. The first-order chi connectivity index (χ1) is 7.89. The van der Waals surface area contributed by atoms with Gasteiger partial charge in [0.25, 0.3) is 0 Å². The Bertz CT molecular complexity index is 468. The first-order valence-corrected chi connectivity index (χ1v) is 5.97. The van der Waals surface area contributed by atoms with E-state index < -0.39 is 11.7 Å². The second-order valence-electron chi connectivity index (χ2n) is 3.75. The van der Waals surface area contributed by atoms with Crippen LogP contribution >= 0.6 is 11.8 Å². The van der Waals surface area contributed by atoms with Crippen LogP contribution in [0.4, 0.5) is 24.5 Å². The lowest BCUT2D eigenvalue weighted by Crippen LogP contribution is -2.18. The van der Waals surface area contributed by atoms with E-state index in [1.165, 1.54) is 17.8 Å². The molecule has 0 aromatic heterocycles. The zero-order chi connectivity index (χ0) is 12.6. The summed E-state index contributed by atoms with van der Waals surface area (Å²) in [6.07, 6.45) is -4.34. The van der Waals surface area contributed by atoms with Gasteiger partial charge in [-0.05, 0) is 30.5 Å². The van der Waals surface area contributed by atoms with Gasteiger partial charge in [0.05, 0.1) is 22.8 Å². The molecule has 0 aliphatic carbocycles. The van der Waals surface area contributed by atoms with Crippen molar-refractivity contribution in [2.75, 3.05) is 16.5 Å². The Kier molecular flexibility index (Phi) is 2.99. The lowest BCUT2D eigenvalue weighted by Gasteiger charge is -2.22. The van der Waals surface area contributed by atoms with Crippen molar-refractivity contribution in [2.24, 2.45) is 0 Å². The highest BCUT2D eigenvalue weighted by Crippen LogP contribution is 2.38. The standard InChI is InChI=1S/C11H11F3N2S/c1-7-5-17-6-16(7)10-4-8(11(12,13)14)2-3-9(10)15/h2-5H,6,15H2,1H3. The molecule has 0 spiro atoms. The molecule has 0 saturated heterocycles. The van der Waals surface area contributed by atoms with Crippen LogP contribution in [0.15, 0.2) is 29.3 Å². The number of nitrogens with two attached hydrogens (primary N) is 1. The highest BCUT2D eigenvalue weighted by Gasteiger charge is 2.31. The fourth-order valence-electron chi connectivity index (χ4n) is 1.61. The normalized spacial score (nSPS) is 16.2. The van der Waals surface area contributed by atoms with Crippen LogP contribution in [-0.4, -0.2) is 5.88 Å². The third kappa shape index (κ3) is 2.36. The van der Waals surface area contributed by atoms with Crippen LogP contribution in [0.1, 0.15) is 12.5 Å². The Morgan fingerprint density at radius 2 is 2.06 bits per heavy atom. The fraction of sp³-hybridized carbons (Fsp3) is 0.273. The van der Waals surface area contributed by atoms with Gasteiger partial charge in [0, 0.05) is 5.70 Å². The van der Waals surface area contributed by atoms with Gasteiger partial charge in [0.2, 0.25) is 0 Å². The largest absolute Gasteiger partial charge is 0.416 e. The highest BCUT2D eigenvalue weighted by molar-refractivity contribution is 8.02. The van der Waals surface area contributed by atoms with Gasteiger partial charge in [0.15, 0.2) is 0 Å². The van der Waals surface area contributed by atoms with Crippen LogP contribution in [0.25, 0.3) is 0 Å². The second kappa shape index (κ2) is 4.18. The number of nitrogen functional groups attached to an aromatic ring is 1. The molecule has 6 heteroatoms. The lowest BCUT2D eigenvalue weighted by atomic mass is 10.1. The molecule has 1 aliphatic rings. The SMILES string of the molecule is CC1=CSCN1c1cc(C(F)(F)F)ccc1N. The minimum absolute atomic E-state index is 0.355. The number of anilines is 2. The van der Waals surface area contributed by atoms with E-state index in [9.17, 15) is 13.2 Å². The molecular formula is C11H11F3N2S. The maximum Gasteiger partial charge on any atom is 0.416 e. The molecule has 1 aliphatic heterocycles. The van der Waals surface area contributed by atoms with E-state index in [0.717, 1.165) is 17.8 Å². The zero-order valence-corrected chi connectivity index (χ0v) is 9.90. The van der Waals surface area contributed by atoms with Crippen LogP contribution in [0.5, 0.6) is 0 Å². The number of halogens is 3. The summed E-state index contributed by atoms with van der Waals surface area (Å²) in [5.41, 5.74) is 6.73. The fourth-order valence-corrected chi connectivity index (χ4v) is 2.55. The van der Waals surface area contributed by atoms with E-state index in [1.807, 2.05) is 12.3 Å². The molecule has 1 aromatic rings. The van der Waals surface area contributed by atoms with Gasteiger partial charge in [-0.25, -0.2) is 0 Å². The highest BCUT2D eigenvalue weighted by atomic mass is 32.2. The molecule has 1 aromatic carbocycles. The molecule has 2 rings (SSSR count). The van der Waals surface area contributed by atoms with Crippen molar-refractivity contribution in [1.29, 1.82) is 0 Å². The topological polar surface area (TPSA) is 29.3 Å². The molecule has 0 fully saturated rings. The van der Waals surface area contributed by atoms with Crippen molar-refractivity contribution in [3.63, 3.8) is 0 Å². The molecule has 0 unspecified atom stereocenters. The molecular weight excluding hydrogens is 249 g/mol. The van der Waals surface area contributed by atoms with E-state index in [1.54, 1.807) is 4.90 Å². The second-order valence-corrected chi connectivity index (χ2v) is 4.58. The van der Waals surface area contributed by atoms with E-state index in [-0.39, 0.29) is 0 Å². The molecule has 92 valence electrons. The number of allylic oxidation sites excluding steroid dienone is 1. The summed E-state index contributed by atoms with van der Waals surface area (Å²) in [5, 5.41) is 1.90. The maximum atomic E-state index is 12.6. The summed E-state index contributed by atoms with van der Waals surface area (Å²) in [5.74, 6) is 0.595. The molecule has 1 heterocycles. The Morgan fingerprint density at radius 3 is 2.59 bits per heavy atom. The van der Waals surface area contributed by atoms with Crippen LogP contribution in [0.3, 0.4) is 0 Å². The average Bonchev–Trinajstić information content (AvgIpc) is 2.63. The van der Waals surface area contributed by atoms with Crippen LogP contribution in [-0.2, 0) is 6.18 Å². The summed E-state index contributed by atoms with van der Waals surface area (Å²) >= 11 is 1.53. The van der Waals surface area contributed by atoms with Crippen molar-refractivity contribution in [2.45, 2.75) is 13.1 Å². The number of hydrogen-bond donors (Lipinski definition) is 1. The quantitative estimate of drug-likeness (QED) is 0.781. The van der Waals surface area contributed by atoms with E-state index in [0.29, 0.717) is 17.3 Å². The van der Waals surface area contributed by atoms with Crippen LogP contribution < -0.4 is 10.6 Å². The molecule has 2 nitrogen and oxygen atoms in total. The van der Waals surface area contributed by atoms with Gasteiger partial charge in [0.1, 0.15) is 0 Å². The number of rotatable bonds is 1. The van der Waals surface area contributed by atoms with Gasteiger partial charge < -0.3 is 10.6 Å². The third-order valence-electron chi connectivity index (χ3n) is 2.53. The predicted octanol–water partition coefficient (Wildman–Crippen LogP) is 3.66. The summed E-state index contributed by atoms with van der Waals surface area (Å²) in [4.78, 5) is 1.77.